The Balaban J connectivity index is 1.69. The molecular weight excluding hydrogens is 312 g/mol. The van der Waals surface area contributed by atoms with E-state index in [4.69, 9.17) is 18.9 Å². The van der Waals surface area contributed by atoms with Crippen LogP contribution in [0.1, 0.15) is 48.4 Å². The van der Waals surface area contributed by atoms with Gasteiger partial charge < -0.3 is 18.9 Å². The topological polar surface area (TPSA) is 77.7 Å². The molecule has 0 aromatic heterocycles. The number of carbonyl (C=O) groups is 2. The second kappa shape index (κ2) is 5.86. The van der Waals surface area contributed by atoms with Gasteiger partial charge in [-0.3, -0.25) is 0 Å². The maximum atomic E-state index is 12.3. The molecule has 0 amide bonds. The van der Waals surface area contributed by atoms with E-state index >= 15 is 0 Å². The number of benzene rings is 1. The molecule has 0 aliphatic carbocycles. The summed E-state index contributed by atoms with van der Waals surface area (Å²) in [7, 11) is 0. The predicted molar refractivity (Wildman–Crippen MR) is 84.9 cm³/mol. The molecule has 1 aromatic rings. The molecule has 2 aliphatic heterocycles. The van der Waals surface area contributed by atoms with Gasteiger partial charge in [-0.05, 0) is 45.9 Å². The zero-order valence-electron chi connectivity index (χ0n) is 14.3. The molecule has 2 aliphatic rings. The highest BCUT2D eigenvalue weighted by atomic mass is 16.6. The minimum Gasteiger partial charge on any atom is -0.453 e. The van der Waals surface area contributed by atoms with Crippen LogP contribution >= 0.6 is 0 Å². The smallest absolute Gasteiger partial charge is 0.338 e. The van der Waals surface area contributed by atoms with Crippen LogP contribution in [-0.2, 0) is 18.9 Å². The van der Waals surface area contributed by atoms with Crippen molar-refractivity contribution in [2.24, 2.45) is 0 Å². The number of esters is 2. The number of hydrogen-bond donors (Lipinski definition) is 0. The van der Waals surface area contributed by atoms with E-state index in [9.17, 15) is 9.59 Å². The van der Waals surface area contributed by atoms with Crippen molar-refractivity contribution in [3.8, 4) is 0 Å². The summed E-state index contributed by atoms with van der Waals surface area (Å²) < 4.78 is 21.4. The standard InChI is InChI=1S/C18H22O6/c1-17(2,13-9-21-13)23-15(19)11-6-5-7-12(8-11)16(20)24-18(3,4)14-10-22-14/h5-8,13-14H,9-10H2,1-4H3. The Morgan fingerprint density at radius 3 is 1.62 bits per heavy atom. The first-order chi connectivity index (χ1) is 11.2. The second-order valence-corrected chi connectivity index (χ2v) is 7.21. The van der Waals surface area contributed by atoms with Crippen molar-refractivity contribution in [2.75, 3.05) is 13.2 Å². The lowest BCUT2D eigenvalue weighted by Gasteiger charge is -2.24. The van der Waals surface area contributed by atoms with E-state index in [2.05, 4.69) is 0 Å². The summed E-state index contributed by atoms with van der Waals surface area (Å²) in [6, 6.07) is 6.34. The average molecular weight is 334 g/mol. The van der Waals surface area contributed by atoms with E-state index in [1.54, 1.807) is 45.9 Å². The largest absolute Gasteiger partial charge is 0.453 e. The van der Waals surface area contributed by atoms with Crippen LogP contribution in [0.25, 0.3) is 0 Å². The summed E-state index contributed by atoms with van der Waals surface area (Å²) in [5, 5.41) is 0. The minimum atomic E-state index is -0.696. The van der Waals surface area contributed by atoms with Gasteiger partial charge >= 0.3 is 11.9 Å². The first-order valence-corrected chi connectivity index (χ1v) is 7.99. The SMILES string of the molecule is CC(C)(OC(=O)c1cccc(C(=O)OC(C)(C)C2CO2)c1)C1CO1. The number of epoxide rings is 2. The van der Waals surface area contributed by atoms with Crippen molar-refractivity contribution in [1.82, 2.24) is 0 Å². The summed E-state index contributed by atoms with van der Waals surface area (Å²) in [6.45, 7) is 8.39. The van der Waals surface area contributed by atoms with Crippen molar-refractivity contribution in [1.29, 1.82) is 0 Å². The molecule has 6 nitrogen and oxygen atoms in total. The molecule has 2 saturated heterocycles. The summed E-state index contributed by atoms with van der Waals surface area (Å²) in [6.07, 6.45) is -0.150. The van der Waals surface area contributed by atoms with Gasteiger partial charge in [-0.1, -0.05) is 6.07 Å². The van der Waals surface area contributed by atoms with Crippen LogP contribution in [0.15, 0.2) is 24.3 Å². The molecule has 130 valence electrons. The van der Waals surface area contributed by atoms with Crippen LogP contribution in [0.2, 0.25) is 0 Å². The van der Waals surface area contributed by atoms with Crippen LogP contribution in [0, 0.1) is 0 Å². The highest BCUT2D eigenvalue weighted by Gasteiger charge is 2.44. The highest BCUT2D eigenvalue weighted by molar-refractivity contribution is 5.95. The third-order valence-electron chi connectivity index (χ3n) is 4.26. The Morgan fingerprint density at radius 2 is 1.29 bits per heavy atom. The Bertz CT molecular complexity index is 602. The molecule has 0 N–H and O–H groups in total. The van der Waals surface area contributed by atoms with Gasteiger partial charge in [-0.15, -0.1) is 0 Å². The Morgan fingerprint density at radius 1 is 0.917 bits per heavy atom. The summed E-state index contributed by atoms with van der Waals surface area (Å²) in [5.74, 6) is -0.982. The van der Waals surface area contributed by atoms with Crippen LogP contribution in [0.4, 0.5) is 0 Å². The van der Waals surface area contributed by atoms with Crippen molar-refractivity contribution in [2.45, 2.75) is 51.1 Å². The summed E-state index contributed by atoms with van der Waals surface area (Å²) >= 11 is 0. The number of carbonyl (C=O) groups excluding carboxylic acids is 2. The van der Waals surface area contributed by atoms with Crippen LogP contribution < -0.4 is 0 Å². The van der Waals surface area contributed by atoms with Crippen molar-refractivity contribution >= 4 is 11.9 Å². The van der Waals surface area contributed by atoms with Crippen molar-refractivity contribution in [3.63, 3.8) is 0 Å². The molecule has 2 unspecified atom stereocenters. The molecule has 3 rings (SSSR count). The fraction of sp³-hybridized carbons (Fsp3) is 0.556. The first-order valence-electron chi connectivity index (χ1n) is 7.99. The Labute approximate surface area is 141 Å². The van der Waals surface area contributed by atoms with Crippen LogP contribution in [0.5, 0.6) is 0 Å². The van der Waals surface area contributed by atoms with Gasteiger partial charge in [-0.25, -0.2) is 9.59 Å². The molecule has 0 saturated carbocycles. The molecule has 24 heavy (non-hydrogen) atoms. The normalized spacial score (nSPS) is 22.7. The minimum absolute atomic E-state index is 0.0751. The van der Waals surface area contributed by atoms with Gasteiger partial charge in [0.2, 0.25) is 0 Å². The van der Waals surface area contributed by atoms with Gasteiger partial charge in [0.25, 0.3) is 0 Å². The van der Waals surface area contributed by atoms with Crippen molar-refractivity contribution < 1.29 is 28.5 Å². The lowest BCUT2D eigenvalue weighted by Crippen LogP contribution is -2.34. The number of rotatable bonds is 6. The second-order valence-electron chi connectivity index (χ2n) is 7.21. The highest BCUT2D eigenvalue weighted by Crippen LogP contribution is 2.30. The van der Waals surface area contributed by atoms with Crippen LogP contribution in [-0.4, -0.2) is 48.6 Å². The lowest BCUT2D eigenvalue weighted by molar-refractivity contribution is -0.0133. The average Bonchev–Trinajstić information content (AvgIpc) is 3.39. The summed E-state index contributed by atoms with van der Waals surface area (Å²) in [4.78, 5) is 24.6. The summed E-state index contributed by atoms with van der Waals surface area (Å²) in [5.41, 5.74) is -0.782. The van der Waals surface area contributed by atoms with Gasteiger partial charge in [-0.2, -0.15) is 0 Å². The molecule has 0 radical (unpaired) electrons. The monoisotopic (exact) mass is 334 g/mol. The zero-order valence-corrected chi connectivity index (χ0v) is 14.3. The van der Waals surface area contributed by atoms with Gasteiger partial charge in [0.1, 0.15) is 23.4 Å². The fourth-order valence-corrected chi connectivity index (χ4v) is 2.40. The molecular formula is C18H22O6. The molecule has 2 atom stereocenters. The van der Waals surface area contributed by atoms with Gasteiger partial charge in [0, 0.05) is 0 Å². The molecule has 2 fully saturated rings. The lowest BCUT2D eigenvalue weighted by atomic mass is 10.0. The van der Waals surface area contributed by atoms with E-state index in [1.165, 1.54) is 6.07 Å². The predicted octanol–water partition coefficient (Wildman–Crippen LogP) is 2.36. The van der Waals surface area contributed by atoms with Gasteiger partial charge in [0.15, 0.2) is 0 Å². The molecule has 0 spiro atoms. The maximum absolute atomic E-state index is 12.3. The van der Waals surface area contributed by atoms with E-state index < -0.39 is 23.1 Å². The third kappa shape index (κ3) is 3.76. The molecule has 0 bridgehead atoms. The first kappa shape index (κ1) is 16.9. The fourth-order valence-electron chi connectivity index (χ4n) is 2.40. The third-order valence-corrected chi connectivity index (χ3v) is 4.26. The van der Waals surface area contributed by atoms with E-state index in [-0.39, 0.29) is 12.2 Å². The van der Waals surface area contributed by atoms with E-state index in [0.717, 1.165) is 0 Å². The quantitative estimate of drug-likeness (QED) is 0.587. The molecule has 2 heterocycles. The zero-order chi connectivity index (χ0) is 17.5. The van der Waals surface area contributed by atoms with Gasteiger partial charge in [0.05, 0.1) is 24.3 Å². The maximum Gasteiger partial charge on any atom is 0.338 e. The Kier molecular flexibility index (Phi) is 4.13. The van der Waals surface area contributed by atoms with Crippen molar-refractivity contribution in [3.05, 3.63) is 35.4 Å². The number of ether oxygens (including phenoxy) is 4. The molecule has 6 heteroatoms. The van der Waals surface area contributed by atoms with E-state index in [0.29, 0.717) is 24.3 Å². The Hall–Kier alpha value is -1.92. The number of hydrogen-bond acceptors (Lipinski definition) is 6. The van der Waals surface area contributed by atoms with E-state index in [1.807, 2.05) is 0 Å². The molecule has 1 aromatic carbocycles. The van der Waals surface area contributed by atoms with Crippen LogP contribution in [0.3, 0.4) is 0 Å².